The topological polar surface area (TPSA) is 0 Å². The maximum Gasteiger partial charge on any atom is -0.00565 e. The summed E-state index contributed by atoms with van der Waals surface area (Å²) in [6.45, 7) is 4.70. The second kappa shape index (κ2) is 8.80. The van der Waals surface area contributed by atoms with Crippen molar-refractivity contribution < 1.29 is 0 Å². The van der Waals surface area contributed by atoms with Gasteiger partial charge in [0.05, 0.1) is 0 Å². The molecule has 0 heterocycles. The first-order valence-electron chi connectivity index (χ1n) is 11.7. The molecule has 3 aliphatic rings. The SMILES string of the molecule is CCCC1CC=C(CC(c2ccccc2)C(C2=CC(CC)CC2)C2CC2)C1. The summed E-state index contributed by atoms with van der Waals surface area (Å²) in [5.41, 5.74) is 5.18. The van der Waals surface area contributed by atoms with Crippen LogP contribution in [0.3, 0.4) is 0 Å². The zero-order valence-electron chi connectivity index (χ0n) is 17.5. The summed E-state index contributed by atoms with van der Waals surface area (Å²) in [5.74, 6) is 4.22. The van der Waals surface area contributed by atoms with Gasteiger partial charge in [-0.3, -0.25) is 0 Å². The maximum absolute atomic E-state index is 2.70. The molecule has 0 nitrogen and oxygen atoms in total. The van der Waals surface area contributed by atoms with E-state index < -0.39 is 0 Å². The van der Waals surface area contributed by atoms with Gasteiger partial charge in [-0.1, -0.05) is 80.3 Å². The van der Waals surface area contributed by atoms with Gasteiger partial charge in [0.25, 0.3) is 0 Å². The Balaban J connectivity index is 1.58. The Bertz CT molecular complexity index is 661. The molecule has 4 unspecified atom stereocenters. The molecule has 0 amide bonds. The van der Waals surface area contributed by atoms with Gasteiger partial charge in [-0.25, -0.2) is 0 Å². The van der Waals surface area contributed by atoms with Gasteiger partial charge in [-0.15, -0.1) is 0 Å². The number of hydrogen-bond donors (Lipinski definition) is 0. The Hall–Kier alpha value is -1.30. The molecule has 4 rings (SSSR count). The number of benzene rings is 1. The van der Waals surface area contributed by atoms with Gasteiger partial charge < -0.3 is 0 Å². The molecule has 4 atom stereocenters. The number of hydrogen-bond acceptors (Lipinski definition) is 0. The van der Waals surface area contributed by atoms with Crippen LogP contribution in [0.2, 0.25) is 0 Å². The lowest BCUT2D eigenvalue weighted by atomic mass is 9.74. The molecule has 0 radical (unpaired) electrons. The minimum atomic E-state index is 0.701. The highest BCUT2D eigenvalue weighted by Gasteiger charge is 2.40. The summed E-state index contributed by atoms with van der Waals surface area (Å²) < 4.78 is 0. The van der Waals surface area contributed by atoms with Crippen molar-refractivity contribution in [2.45, 2.75) is 84.0 Å². The largest absolute Gasteiger partial charge is 0.0850 e. The second-order valence-electron chi connectivity index (χ2n) is 9.49. The quantitative estimate of drug-likeness (QED) is 0.390. The normalized spacial score (nSPS) is 27.3. The van der Waals surface area contributed by atoms with E-state index in [1.165, 1.54) is 64.2 Å². The van der Waals surface area contributed by atoms with Gasteiger partial charge in [0.15, 0.2) is 0 Å². The van der Waals surface area contributed by atoms with Crippen molar-refractivity contribution >= 4 is 0 Å². The Morgan fingerprint density at radius 3 is 2.52 bits per heavy atom. The summed E-state index contributed by atoms with van der Waals surface area (Å²) in [5, 5.41) is 0. The molecular formula is C27H38. The Labute approximate surface area is 167 Å². The molecule has 1 saturated carbocycles. The summed E-state index contributed by atoms with van der Waals surface area (Å²) in [6.07, 6.45) is 19.1. The van der Waals surface area contributed by atoms with Crippen molar-refractivity contribution in [3.05, 3.63) is 59.2 Å². The van der Waals surface area contributed by atoms with Crippen molar-refractivity contribution in [1.82, 2.24) is 0 Å². The zero-order chi connectivity index (χ0) is 18.6. The third-order valence-electron chi connectivity index (χ3n) is 7.47. The predicted molar refractivity (Wildman–Crippen MR) is 117 cm³/mol. The van der Waals surface area contributed by atoms with E-state index >= 15 is 0 Å². The van der Waals surface area contributed by atoms with Crippen LogP contribution in [0.25, 0.3) is 0 Å². The fraction of sp³-hybridized carbons (Fsp3) is 0.630. The van der Waals surface area contributed by atoms with E-state index in [-0.39, 0.29) is 0 Å². The maximum atomic E-state index is 2.70. The first kappa shape index (κ1) is 19.0. The molecule has 0 heteroatoms. The van der Waals surface area contributed by atoms with Gasteiger partial charge >= 0.3 is 0 Å². The Morgan fingerprint density at radius 1 is 1.04 bits per heavy atom. The van der Waals surface area contributed by atoms with Gasteiger partial charge in [-0.05, 0) is 86.5 Å². The van der Waals surface area contributed by atoms with Crippen LogP contribution in [0.15, 0.2) is 53.6 Å². The highest BCUT2D eigenvalue weighted by Crippen LogP contribution is 2.53. The molecule has 1 fully saturated rings. The van der Waals surface area contributed by atoms with E-state index in [0.717, 1.165) is 23.7 Å². The van der Waals surface area contributed by atoms with Gasteiger partial charge in [0.1, 0.15) is 0 Å². The smallest absolute Gasteiger partial charge is 0.00565 e. The minimum absolute atomic E-state index is 0.701. The predicted octanol–water partition coefficient (Wildman–Crippen LogP) is 8.07. The molecule has 27 heavy (non-hydrogen) atoms. The highest BCUT2D eigenvalue weighted by molar-refractivity contribution is 5.30. The van der Waals surface area contributed by atoms with Crippen LogP contribution in [-0.2, 0) is 0 Å². The molecule has 0 aliphatic heterocycles. The third-order valence-corrected chi connectivity index (χ3v) is 7.47. The Kier molecular flexibility index (Phi) is 6.21. The molecule has 0 aromatic heterocycles. The molecule has 1 aromatic carbocycles. The van der Waals surface area contributed by atoms with Crippen LogP contribution in [0, 0.1) is 23.7 Å². The monoisotopic (exact) mass is 362 g/mol. The van der Waals surface area contributed by atoms with E-state index in [2.05, 4.69) is 56.3 Å². The summed E-state index contributed by atoms with van der Waals surface area (Å²) in [7, 11) is 0. The zero-order valence-corrected chi connectivity index (χ0v) is 17.5. The van der Waals surface area contributed by atoms with Crippen molar-refractivity contribution in [3.63, 3.8) is 0 Å². The van der Waals surface area contributed by atoms with E-state index in [0.29, 0.717) is 5.92 Å². The molecule has 0 N–H and O–H groups in total. The molecule has 0 saturated heterocycles. The highest BCUT2D eigenvalue weighted by atomic mass is 14.4. The molecule has 1 aromatic rings. The first-order chi connectivity index (χ1) is 13.3. The van der Waals surface area contributed by atoms with Crippen molar-refractivity contribution in [2.75, 3.05) is 0 Å². The molecular weight excluding hydrogens is 324 g/mol. The van der Waals surface area contributed by atoms with Crippen molar-refractivity contribution in [1.29, 1.82) is 0 Å². The van der Waals surface area contributed by atoms with Crippen LogP contribution in [0.5, 0.6) is 0 Å². The fourth-order valence-electron chi connectivity index (χ4n) is 5.87. The van der Waals surface area contributed by atoms with Crippen LogP contribution in [0.1, 0.15) is 89.5 Å². The molecule has 0 bridgehead atoms. The van der Waals surface area contributed by atoms with Crippen LogP contribution in [0.4, 0.5) is 0 Å². The average molecular weight is 363 g/mol. The van der Waals surface area contributed by atoms with Crippen LogP contribution < -0.4 is 0 Å². The van der Waals surface area contributed by atoms with E-state index in [1.54, 1.807) is 11.1 Å². The van der Waals surface area contributed by atoms with Crippen LogP contribution >= 0.6 is 0 Å². The summed E-state index contributed by atoms with van der Waals surface area (Å²) in [4.78, 5) is 0. The lowest BCUT2D eigenvalue weighted by Crippen LogP contribution is -2.18. The average Bonchev–Trinajstić information content (AvgIpc) is 3.24. The lowest BCUT2D eigenvalue weighted by Gasteiger charge is -2.30. The number of allylic oxidation sites excluding steroid dienone is 4. The first-order valence-corrected chi connectivity index (χ1v) is 11.7. The van der Waals surface area contributed by atoms with Gasteiger partial charge in [-0.2, -0.15) is 0 Å². The standard InChI is InChI=1S/C27H38/c1-3-8-21-11-12-22(17-21)19-26(23-9-6-5-7-10-23)27(24-15-16-24)25-14-13-20(4-2)18-25/h5-7,9-10,12,18,20-21,24,26-27H,3-4,8,11,13-17,19H2,1-2H3. The molecule has 3 aliphatic carbocycles. The molecule has 146 valence electrons. The van der Waals surface area contributed by atoms with E-state index in [4.69, 9.17) is 0 Å². The van der Waals surface area contributed by atoms with Gasteiger partial charge in [0, 0.05) is 0 Å². The van der Waals surface area contributed by atoms with Crippen LogP contribution in [-0.4, -0.2) is 0 Å². The van der Waals surface area contributed by atoms with Gasteiger partial charge in [0.2, 0.25) is 0 Å². The molecule has 0 spiro atoms. The fourth-order valence-corrected chi connectivity index (χ4v) is 5.87. The van der Waals surface area contributed by atoms with Crippen molar-refractivity contribution in [2.24, 2.45) is 23.7 Å². The third kappa shape index (κ3) is 4.58. The lowest BCUT2D eigenvalue weighted by molar-refractivity contribution is 0.412. The summed E-state index contributed by atoms with van der Waals surface area (Å²) >= 11 is 0. The van der Waals surface area contributed by atoms with Crippen molar-refractivity contribution in [3.8, 4) is 0 Å². The Morgan fingerprint density at radius 2 is 1.85 bits per heavy atom. The minimum Gasteiger partial charge on any atom is -0.0850 e. The van der Waals surface area contributed by atoms with E-state index in [9.17, 15) is 0 Å². The number of rotatable bonds is 9. The second-order valence-corrected chi connectivity index (χ2v) is 9.49. The summed E-state index contributed by atoms with van der Waals surface area (Å²) in [6, 6.07) is 11.5. The van der Waals surface area contributed by atoms with E-state index in [1.807, 2.05) is 5.57 Å².